The summed E-state index contributed by atoms with van der Waals surface area (Å²) < 4.78 is 0. The van der Waals surface area contributed by atoms with Gasteiger partial charge in [0.15, 0.2) is 5.13 Å². The molecule has 0 aromatic carbocycles. The van der Waals surface area contributed by atoms with Gasteiger partial charge in [-0.1, -0.05) is 0 Å². The molecule has 0 aliphatic carbocycles. The number of rotatable bonds is 3. The molecule has 1 aromatic heterocycles. The van der Waals surface area contributed by atoms with Crippen molar-refractivity contribution in [1.29, 1.82) is 0 Å². The van der Waals surface area contributed by atoms with E-state index in [-0.39, 0.29) is 6.42 Å². The van der Waals surface area contributed by atoms with Crippen LogP contribution in [0.5, 0.6) is 0 Å². The molecule has 0 fully saturated rings. The number of nitrogens with zero attached hydrogens (tertiary/aromatic N) is 1. The van der Waals surface area contributed by atoms with Crippen molar-refractivity contribution in [3.05, 3.63) is 11.6 Å². The smallest absolute Gasteiger partial charge is 0.247 e. The summed E-state index contributed by atoms with van der Waals surface area (Å²) >= 11 is 1.25. The van der Waals surface area contributed by atoms with Gasteiger partial charge in [0.05, 0.1) is 0 Å². The Kier molecular flexibility index (Phi) is 4.40. The maximum absolute atomic E-state index is 11.2. The van der Waals surface area contributed by atoms with Crippen LogP contribution >= 0.6 is 11.3 Å². The van der Waals surface area contributed by atoms with E-state index in [0.717, 1.165) is 0 Å². The Labute approximate surface area is 95.2 Å². The molecule has 3 amide bonds. The van der Waals surface area contributed by atoms with Gasteiger partial charge < -0.3 is 5.32 Å². The van der Waals surface area contributed by atoms with E-state index in [4.69, 9.17) is 0 Å². The number of carbonyl (C=O) groups is 3. The SMILES string of the molecule is CC(=O)NNC(=O)CC(=O)Nc1nccs1. The lowest BCUT2D eigenvalue weighted by molar-refractivity contribution is -0.131. The molecule has 0 unspecified atom stereocenters. The van der Waals surface area contributed by atoms with E-state index in [1.165, 1.54) is 24.5 Å². The highest BCUT2D eigenvalue weighted by Gasteiger charge is 2.10. The topological polar surface area (TPSA) is 100 Å². The second kappa shape index (κ2) is 5.81. The molecular weight excluding hydrogens is 232 g/mol. The van der Waals surface area contributed by atoms with Crippen LogP contribution < -0.4 is 16.2 Å². The number of carbonyl (C=O) groups excluding carboxylic acids is 3. The van der Waals surface area contributed by atoms with Crippen LogP contribution in [0.3, 0.4) is 0 Å². The van der Waals surface area contributed by atoms with Crippen molar-refractivity contribution in [3.63, 3.8) is 0 Å². The summed E-state index contributed by atoms with van der Waals surface area (Å²) in [5, 5.41) is 4.56. The molecule has 16 heavy (non-hydrogen) atoms. The van der Waals surface area contributed by atoms with Crippen molar-refractivity contribution in [1.82, 2.24) is 15.8 Å². The molecule has 0 saturated carbocycles. The molecule has 1 heterocycles. The predicted octanol–water partition coefficient (Wildman–Crippen LogP) is -0.361. The molecule has 0 aliphatic heterocycles. The molecule has 3 N–H and O–H groups in total. The Bertz CT molecular complexity index is 390. The maximum Gasteiger partial charge on any atom is 0.247 e. The standard InChI is InChI=1S/C8H10N4O3S/c1-5(13)11-12-7(15)4-6(14)10-8-9-2-3-16-8/h2-3H,4H2,1H3,(H,11,13)(H,12,15)(H,9,10,14). The van der Waals surface area contributed by atoms with Gasteiger partial charge >= 0.3 is 0 Å². The first-order valence-electron chi connectivity index (χ1n) is 4.32. The zero-order chi connectivity index (χ0) is 12.0. The number of nitrogens with one attached hydrogen (secondary N) is 3. The molecule has 0 saturated heterocycles. The summed E-state index contributed by atoms with van der Waals surface area (Å²) in [6.07, 6.45) is 1.16. The average molecular weight is 242 g/mol. The van der Waals surface area contributed by atoms with E-state index in [2.05, 4.69) is 21.2 Å². The van der Waals surface area contributed by atoms with Crippen molar-refractivity contribution >= 4 is 34.2 Å². The lowest BCUT2D eigenvalue weighted by Gasteiger charge is -2.04. The molecule has 0 aliphatic rings. The third-order valence-electron chi connectivity index (χ3n) is 1.38. The van der Waals surface area contributed by atoms with Gasteiger partial charge in [0.25, 0.3) is 0 Å². The zero-order valence-electron chi connectivity index (χ0n) is 8.44. The van der Waals surface area contributed by atoms with Crippen molar-refractivity contribution in [3.8, 4) is 0 Å². The largest absolute Gasteiger partial charge is 0.302 e. The van der Waals surface area contributed by atoms with E-state index >= 15 is 0 Å². The van der Waals surface area contributed by atoms with Crippen LogP contribution in [0.2, 0.25) is 0 Å². The Morgan fingerprint density at radius 1 is 1.31 bits per heavy atom. The molecule has 0 radical (unpaired) electrons. The van der Waals surface area contributed by atoms with Crippen molar-refractivity contribution in [2.45, 2.75) is 13.3 Å². The number of hydrogen-bond acceptors (Lipinski definition) is 5. The first-order chi connectivity index (χ1) is 7.58. The highest BCUT2D eigenvalue weighted by atomic mass is 32.1. The molecule has 7 nitrogen and oxygen atoms in total. The maximum atomic E-state index is 11.2. The summed E-state index contributed by atoms with van der Waals surface area (Å²) in [7, 11) is 0. The van der Waals surface area contributed by atoms with Crippen LogP contribution in [0.15, 0.2) is 11.6 Å². The van der Waals surface area contributed by atoms with Gasteiger partial charge in [-0.05, 0) is 0 Å². The molecule has 0 bridgehead atoms. The predicted molar refractivity (Wildman–Crippen MR) is 57.3 cm³/mol. The van der Waals surface area contributed by atoms with Crippen LogP contribution in [-0.2, 0) is 14.4 Å². The van der Waals surface area contributed by atoms with Crippen molar-refractivity contribution in [2.24, 2.45) is 0 Å². The summed E-state index contributed by atoms with van der Waals surface area (Å²) in [5.41, 5.74) is 4.15. The fraction of sp³-hybridized carbons (Fsp3) is 0.250. The van der Waals surface area contributed by atoms with Crippen LogP contribution in [0.4, 0.5) is 5.13 Å². The molecular formula is C8H10N4O3S. The monoisotopic (exact) mass is 242 g/mol. The summed E-state index contributed by atoms with van der Waals surface area (Å²) in [6.45, 7) is 1.25. The fourth-order valence-corrected chi connectivity index (χ4v) is 1.34. The van der Waals surface area contributed by atoms with Crippen molar-refractivity contribution in [2.75, 3.05) is 5.32 Å². The minimum Gasteiger partial charge on any atom is -0.302 e. The number of aromatic nitrogens is 1. The Balaban J connectivity index is 2.29. The lowest BCUT2D eigenvalue weighted by Crippen LogP contribution is -2.41. The van der Waals surface area contributed by atoms with Crippen LogP contribution in [0.1, 0.15) is 13.3 Å². The first kappa shape index (κ1) is 12.1. The minimum atomic E-state index is -0.593. The number of amides is 3. The summed E-state index contributed by atoms with van der Waals surface area (Å²) in [4.78, 5) is 36.6. The normalized spacial score (nSPS) is 9.31. The Morgan fingerprint density at radius 2 is 2.06 bits per heavy atom. The van der Waals surface area contributed by atoms with Crippen LogP contribution in [0.25, 0.3) is 0 Å². The number of hydrogen-bond donors (Lipinski definition) is 3. The van der Waals surface area contributed by atoms with E-state index in [1.54, 1.807) is 5.38 Å². The van der Waals surface area contributed by atoms with Gasteiger partial charge in [-0.3, -0.25) is 25.2 Å². The number of anilines is 1. The third kappa shape index (κ3) is 4.51. The molecule has 1 rings (SSSR count). The van der Waals surface area contributed by atoms with Gasteiger partial charge in [-0.2, -0.15) is 0 Å². The lowest BCUT2D eigenvalue weighted by atomic mass is 10.4. The molecule has 0 spiro atoms. The number of hydrazine groups is 1. The second-order valence-electron chi connectivity index (χ2n) is 2.79. The fourth-order valence-electron chi connectivity index (χ4n) is 0.796. The zero-order valence-corrected chi connectivity index (χ0v) is 9.26. The Morgan fingerprint density at radius 3 is 2.62 bits per heavy atom. The van der Waals surface area contributed by atoms with Gasteiger partial charge in [0, 0.05) is 18.5 Å². The Hall–Kier alpha value is -1.96. The molecule has 0 atom stereocenters. The van der Waals surface area contributed by atoms with E-state index in [0.29, 0.717) is 5.13 Å². The molecule has 8 heteroatoms. The van der Waals surface area contributed by atoms with Gasteiger partial charge in [0.2, 0.25) is 17.7 Å². The van der Waals surface area contributed by atoms with Gasteiger partial charge in [-0.25, -0.2) is 4.98 Å². The second-order valence-corrected chi connectivity index (χ2v) is 3.69. The minimum absolute atomic E-state index is 0.375. The van der Waals surface area contributed by atoms with Crippen LogP contribution in [-0.4, -0.2) is 22.7 Å². The average Bonchev–Trinajstić information content (AvgIpc) is 2.67. The highest BCUT2D eigenvalue weighted by Crippen LogP contribution is 2.10. The van der Waals surface area contributed by atoms with E-state index in [9.17, 15) is 14.4 Å². The molecule has 1 aromatic rings. The third-order valence-corrected chi connectivity index (χ3v) is 2.07. The van der Waals surface area contributed by atoms with Crippen molar-refractivity contribution < 1.29 is 14.4 Å². The molecule has 86 valence electrons. The van der Waals surface area contributed by atoms with E-state index in [1.807, 2.05) is 0 Å². The van der Waals surface area contributed by atoms with Gasteiger partial charge in [-0.15, -0.1) is 11.3 Å². The number of thiazole rings is 1. The first-order valence-corrected chi connectivity index (χ1v) is 5.20. The van der Waals surface area contributed by atoms with Gasteiger partial charge in [0.1, 0.15) is 6.42 Å². The summed E-state index contributed by atoms with van der Waals surface area (Å²) in [5.74, 6) is -1.49. The summed E-state index contributed by atoms with van der Waals surface area (Å²) in [6, 6.07) is 0. The highest BCUT2D eigenvalue weighted by molar-refractivity contribution is 7.13. The quantitative estimate of drug-likeness (QED) is 0.497. The van der Waals surface area contributed by atoms with Crippen LogP contribution in [0, 0.1) is 0 Å². The van der Waals surface area contributed by atoms with E-state index < -0.39 is 17.7 Å².